The van der Waals surface area contributed by atoms with Gasteiger partial charge in [0.05, 0.1) is 11.6 Å². The van der Waals surface area contributed by atoms with E-state index in [9.17, 15) is 0 Å². The van der Waals surface area contributed by atoms with Crippen LogP contribution in [-0.4, -0.2) is 12.2 Å². The van der Waals surface area contributed by atoms with E-state index in [1.54, 1.807) is 0 Å². The number of hydrogen-bond acceptors (Lipinski definition) is 3. The van der Waals surface area contributed by atoms with Crippen LogP contribution in [0.25, 0.3) is 0 Å². The summed E-state index contributed by atoms with van der Waals surface area (Å²) in [5, 5.41) is 0. The van der Waals surface area contributed by atoms with Crippen LogP contribution in [-0.2, 0) is 4.74 Å². The molecule has 2 unspecified atom stereocenters. The monoisotopic (exact) mass is 416 g/mol. The Morgan fingerprint density at radius 3 is 2.76 bits per heavy atom. The highest BCUT2D eigenvalue weighted by Crippen LogP contribution is 2.46. The number of nitrogens with two attached hydrogens (primary N) is 1. The molecule has 1 saturated heterocycles. The molecule has 1 aliphatic carbocycles. The van der Waals surface area contributed by atoms with E-state index in [-0.39, 0.29) is 11.6 Å². The molecule has 1 saturated carbocycles. The van der Waals surface area contributed by atoms with Crippen molar-refractivity contribution in [3.05, 3.63) is 32.7 Å². The van der Waals surface area contributed by atoms with Crippen molar-refractivity contribution in [3.63, 3.8) is 0 Å². The predicted molar refractivity (Wildman–Crippen MR) is 91.8 cm³/mol. The van der Waals surface area contributed by atoms with Crippen molar-refractivity contribution in [3.8, 4) is 0 Å². The number of nitrogens with one attached hydrogen (secondary N) is 1. The SMILES string of the molecule is NNC(c1cc(Br)ccc1Br)C1CCOC2(CCCC2)C1. The third-order valence-electron chi connectivity index (χ3n) is 4.99. The number of hydrogen-bond donors (Lipinski definition) is 2. The Balaban J connectivity index is 1.84. The zero-order chi connectivity index (χ0) is 14.9. The first kappa shape index (κ1) is 15.9. The van der Waals surface area contributed by atoms with Gasteiger partial charge in [-0.2, -0.15) is 0 Å². The maximum absolute atomic E-state index is 6.15. The second-order valence-corrected chi connectivity index (χ2v) is 8.07. The van der Waals surface area contributed by atoms with Crippen molar-refractivity contribution < 1.29 is 4.74 Å². The van der Waals surface area contributed by atoms with E-state index in [1.165, 1.54) is 31.2 Å². The third-order valence-corrected chi connectivity index (χ3v) is 6.21. The smallest absolute Gasteiger partial charge is 0.0686 e. The molecular weight excluding hydrogens is 396 g/mol. The Morgan fingerprint density at radius 1 is 1.29 bits per heavy atom. The largest absolute Gasteiger partial charge is 0.375 e. The van der Waals surface area contributed by atoms with Gasteiger partial charge in [0, 0.05) is 15.6 Å². The van der Waals surface area contributed by atoms with Crippen LogP contribution in [0, 0.1) is 5.92 Å². The molecule has 116 valence electrons. The average Bonchev–Trinajstić information content (AvgIpc) is 2.91. The molecule has 0 radical (unpaired) electrons. The maximum atomic E-state index is 6.15. The summed E-state index contributed by atoms with van der Waals surface area (Å²) in [6.07, 6.45) is 7.19. The zero-order valence-electron chi connectivity index (χ0n) is 12.1. The molecule has 3 nitrogen and oxygen atoms in total. The van der Waals surface area contributed by atoms with Gasteiger partial charge in [-0.3, -0.25) is 11.3 Å². The molecule has 1 heterocycles. The van der Waals surface area contributed by atoms with Crippen LogP contribution in [0.2, 0.25) is 0 Å². The highest BCUT2D eigenvalue weighted by atomic mass is 79.9. The summed E-state index contributed by atoms with van der Waals surface area (Å²) in [4.78, 5) is 0. The highest BCUT2D eigenvalue weighted by molar-refractivity contribution is 9.11. The van der Waals surface area contributed by atoms with Crippen LogP contribution >= 0.6 is 31.9 Å². The van der Waals surface area contributed by atoms with Crippen LogP contribution in [0.3, 0.4) is 0 Å². The van der Waals surface area contributed by atoms with E-state index in [2.05, 4.69) is 49.4 Å². The minimum atomic E-state index is 0.122. The molecule has 2 aliphatic rings. The van der Waals surface area contributed by atoms with Crippen LogP contribution < -0.4 is 11.3 Å². The summed E-state index contributed by atoms with van der Waals surface area (Å²) in [7, 11) is 0. The van der Waals surface area contributed by atoms with Gasteiger partial charge in [0.2, 0.25) is 0 Å². The van der Waals surface area contributed by atoms with Gasteiger partial charge in [0.1, 0.15) is 0 Å². The second-order valence-electron chi connectivity index (χ2n) is 6.30. The molecule has 2 fully saturated rings. The number of benzene rings is 1. The number of hydrazine groups is 1. The number of ether oxygens (including phenoxy) is 1. The molecule has 1 aromatic rings. The fourth-order valence-electron chi connectivity index (χ4n) is 3.95. The summed E-state index contributed by atoms with van der Waals surface area (Å²) in [5.74, 6) is 6.44. The van der Waals surface area contributed by atoms with Crippen LogP contribution in [0.15, 0.2) is 27.1 Å². The summed E-state index contributed by atoms with van der Waals surface area (Å²) < 4.78 is 8.35. The fourth-order valence-corrected chi connectivity index (χ4v) is 4.82. The Hall–Kier alpha value is 0.0600. The second kappa shape index (κ2) is 6.67. The van der Waals surface area contributed by atoms with Gasteiger partial charge in [-0.15, -0.1) is 0 Å². The van der Waals surface area contributed by atoms with E-state index in [0.717, 1.165) is 28.4 Å². The van der Waals surface area contributed by atoms with E-state index in [1.807, 2.05) is 6.07 Å². The van der Waals surface area contributed by atoms with Gasteiger partial charge < -0.3 is 4.74 Å². The molecule has 3 N–H and O–H groups in total. The standard InChI is InChI=1S/C16H22Br2N2O/c17-12-3-4-14(18)13(9-12)15(20-19)11-5-8-21-16(10-11)6-1-2-7-16/h3-4,9,11,15,20H,1-2,5-8,10,19H2. The van der Waals surface area contributed by atoms with Gasteiger partial charge in [0.15, 0.2) is 0 Å². The first-order valence-electron chi connectivity index (χ1n) is 7.69. The molecular formula is C16H22Br2N2O. The first-order valence-corrected chi connectivity index (χ1v) is 9.27. The molecule has 1 aromatic carbocycles. The van der Waals surface area contributed by atoms with E-state index in [0.29, 0.717) is 5.92 Å². The van der Waals surface area contributed by atoms with Crippen molar-refractivity contribution in [2.45, 2.75) is 50.2 Å². The number of rotatable bonds is 3. The summed E-state index contributed by atoms with van der Waals surface area (Å²) in [6, 6.07) is 6.45. The van der Waals surface area contributed by atoms with Crippen LogP contribution in [0.4, 0.5) is 0 Å². The molecule has 3 rings (SSSR count). The number of halogens is 2. The topological polar surface area (TPSA) is 47.3 Å². The Kier molecular flexibility index (Phi) is 5.06. The first-order chi connectivity index (χ1) is 10.1. The molecule has 0 bridgehead atoms. The van der Waals surface area contributed by atoms with Crippen LogP contribution in [0.5, 0.6) is 0 Å². The van der Waals surface area contributed by atoms with Gasteiger partial charge >= 0.3 is 0 Å². The molecule has 21 heavy (non-hydrogen) atoms. The Labute approximate surface area is 143 Å². The van der Waals surface area contributed by atoms with Gasteiger partial charge in [-0.05, 0) is 55.4 Å². The summed E-state index contributed by atoms with van der Waals surface area (Å²) in [6.45, 7) is 0.856. The predicted octanol–water partition coefficient (Wildman–Crippen LogP) is 4.46. The lowest BCUT2D eigenvalue weighted by Crippen LogP contribution is -2.43. The molecule has 1 aliphatic heterocycles. The average molecular weight is 418 g/mol. The molecule has 5 heteroatoms. The summed E-state index contributed by atoms with van der Waals surface area (Å²) in [5.41, 5.74) is 4.41. The van der Waals surface area contributed by atoms with Gasteiger partial charge in [0.25, 0.3) is 0 Å². The lowest BCUT2D eigenvalue weighted by atomic mass is 9.79. The van der Waals surface area contributed by atoms with E-state index in [4.69, 9.17) is 10.6 Å². The van der Waals surface area contributed by atoms with Crippen molar-refractivity contribution in [2.75, 3.05) is 6.61 Å². The molecule has 2 atom stereocenters. The minimum absolute atomic E-state index is 0.122. The van der Waals surface area contributed by atoms with E-state index < -0.39 is 0 Å². The van der Waals surface area contributed by atoms with Crippen molar-refractivity contribution >= 4 is 31.9 Å². The molecule has 0 aromatic heterocycles. The van der Waals surface area contributed by atoms with Crippen LogP contribution in [0.1, 0.15) is 50.1 Å². The molecule has 0 amide bonds. The van der Waals surface area contributed by atoms with Crippen molar-refractivity contribution in [1.29, 1.82) is 0 Å². The summed E-state index contributed by atoms with van der Waals surface area (Å²) >= 11 is 7.23. The maximum Gasteiger partial charge on any atom is 0.0686 e. The lowest BCUT2D eigenvalue weighted by molar-refractivity contribution is -0.0982. The Morgan fingerprint density at radius 2 is 2.05 bits per heavy atom. The van der Waals surface area contributed by atoms with Gasteiger partial charge in [-0.1, -0.05) is 44.7 Å². The van der Waals surface area contributed by atoms with Gasteiger partial charge in [-0.25, -0.2) is 0 Å². The fraction of sp³-hybridized carbons (Fsp3) is 0.625. The minimum Gasteiger partial charge on any atom is -0.375 e. The normalized spacial score (nSPS) is 26.1. The quantitative estimate of drug-likeness (QED) is 0.563. The van der Waals surface area contributed by atoms with Crippen molar-refractivity contribution in [2.24, 2.45) is 11.8 Å². The van der Waals surface area contributed by atoms with Crippen molar-refractivity contribution in [1.82, 2.24) is 5.43 Å². The third kappa shape index (κ3) is 3.37. The lowest BCUT2D eigenvalue weighted by Gasteiger charge is -2.41. The van der Waals surface area contributed by atoms with E-state index >= 15 is 0 Å². The zero-order valence-corrected chi connectivity index (χ0v) is 15.3. The Bertz CT molecular complexity index is 503. The highest BCUT2D eigenvalue weighted by Gasteiger charge is 2.42. The molecule has 1 spiro atoms.